The molecule has 1 aliphatic heterocycles. The van der Waals surface area contributed by atoms with Crippen molar-refractivity contribution in [1.82, 2.24) is 9.99 Å². The van der Waals surface area contributed by atoms with Crippen LogP contribution in [0.5, 0.6) is 0 Å². The van der Waals surface area contributed by atoms with Crippen molar-refractivity contribution in [2.45, 2.75) is 0 Å². The van der Waals surface area contributed by atoms with E-state index in [1.807, 2.05) is 24.6 Å². The van der Waals surface area contributed by atoms with Crippen molar-refractivity contribution in [2.75, 3.05) is 10.3 Å². The molecule has 0 fully saturated rings. The smallest absolute Gasteiger partial charge is 0.179 e. The van der Waals surface area contributed by atoms with Gasteiger partial charge in [0.05, 0.1) is 28.1 Å². The summed E-state index contributed by atoms with van der Waals surface area (Å²) >= 11 is 0. The lowest BCUT2D eigenvalue weighted by Gasteiger charge is -2.35. The third kappa shape index (κ3) is 5.23. The van der Waals surface area contributed by atoms with Crippen LogP contribution >= 0.6 is 0 Å². The summed E-state index contributed by atoms with van der Waals surface area (Å²) in [6.07, 6.45) is 8.00. The molecule has 0 spiro atoms. The van der Waals surface area contributed by atoms with Gasteiger partial charge in [-0.3, -0.25) is 5.01 Å². The first-order chi connectivity index (χ1) is 25.3. The average molecular weight is 673 g/mol. The Morgan fingerprint density at radius 3 is 1.55 bits per heavy atom. The fourth-order valence-electron chi connectivity index (χ4n) is 7.77. The summed E-state index contributed by atoms with van der Waals surface area (Å²) in [5.41, 5.74) is 10.1. The second-order valence-corrected chi connectivity index (χ2v) is 16.6. The van der Waals surface area contributed by atoms with Crippen molar-refractivity contribution in [1.29, 1.82) is 0 Å². The lowest BCUT2D eigenvalue weighted by molar-refractivity contribution is 0.889. The molecule has 1 aliphatic rings. The Balaban J connectivity index is 1.23. The molecule has 8 aromatic rings. The van der Waals surface area contributed by atoms with Gasteiger partial charge in [-0.15, -0.1) is 0 Å². The average Bonchev–Trinajstić information content (AvgIpc) is 3.58. The maximum atomic E-state index is 3.62. The highest BCUT2D eigenvalue weighted by Crippen LogP contribution is 2.37. The summed E-state index contributed by atoms with van der Waals surface area (Å²) in [7, 11) is -2.72. The molecule has 2 heterocycles. The van der Waals surface area contributed by atoms with Crippen molar-refractivity contribution in [3.05, 3.63) is 207 Å². The van der Waals surface area contributed by atoms with Gasteiger partial charge in [-0.05, 0) is 75.4 Å². The maximum absolute atomic E-state index is 3.62. The molecule has 0 saturated carbocycles. The molecule has 244 valence electrons. The minimum absolute atomic E-state index is 0.991. The van der Waals surface area contributed by atoms with Gasteiger partial charge in [0.15, 0.2) is 8.07 Å². The van der Waals surface area contributed by atoms with E-state index in [-0.39, 0.29) is 0 Å². The first kappa shape index (κ1) is 30.5. The zero-order valence-electron chi connectivity index (χ0n) is 28.0. The van der Waals surface area contributed by atoms with Gasteiger partial charge in [0.25, 0.3) is 0 Å². The number of hydrazine groups is 1. The maximum Gasteiger partial charge on any atom is 0.179 e. The van der Waals surface area contributed by atoms with Crippen molar-refractivity contribution in [2.24, 2.45) is 0 Å². The van der Waals surface area contributed by atoms with Gasteiger partial charge < -0.3 is 15.3 Å². The van der Waals surface area contributed by atoms with Crippen LogP contribution in [-0.4, -0.2) is 12.6 Å². The van der Waals surface area contributed by atoms with E-state index in [9.17, 15) is 0 Å². The lowest BCUT2D eigenvalue weighted by atomic mass is 10.2. The first-order valence-electron chi connectivity index (χ1n) is 17.4. The van der Waals surface area contributed by atoms with E-state index in [1.165, 1.54) is 42.6 Å². The van der Waals surface area contributed by atoms with Crippen LogP contribution in [0.25, 0.3) is 27.5 Å². The van der Waals surface area contributed by atoms with Crippen LogP contribution in [0.2, 0.25) is 0 Å². The van der Waals surface area contributed by atoms with E-state index in [4.69, 9.17) is 0 Å². The number of hydrogen-bond donors (Lipinski definition) is 2. The van der Waals surface area contributed by atoms with Gasteiger partial charge in [0.1, 0.15) is 0 Å². The number of nitrogens with one attached hydrogen (secondary N) is 2. The SMILES string of the molecule is C1=CNc2cc(-n3c4ccccc4c4ccccc43)ccc2N(c2cccc([Si](c3ccccc3)(c3ccccc3)c3ccccc3)c2)NC=C1. The van der Waals surface area contributed by atoms with Crippen LogP contribution in [0.3, 0.4) is 0 Å². The van der Waals surface area contributed by atoms with Crippen LogP contribution in [0.4, 0.5) is 17.1 Å². The first-order valence-corrected chi connectivity index (χ1v) is 19.4. The van der Waals surface area contributed by atoms with Crippen molar-refractivity contribution in [3.8, 4) is 5.69 Å². The summed E-state index contributed by atoms with van der Waals surface area (Å²) < 4.78 is 2.36. The molecular weight excluding hydrogens is 637 g/mol. The zero-order valence-corrected chi connectivity index (χ0v) is 29.0. The third-order valence-electron chi connectivity index (χ3n) is 9.96. The number of anilines is 3. The molecule has 9 rings (SSSR count). The Morgan fingerprint density at radius 1 is 0.412 bits per heavy atom. The molecule has 1 aromatic heterocycles. The number of para-hydroxylation sites is 2. The van der Waals surface area contributed by atoms with Gasteiger partial charge >= 0.3 is 0 Å². The highest BCUT2D eigenvalue weighted by atomic mass is 28.3. The van der Waals surface area contributed by atoms with E-state index in [2.05, 4.69) is 202 Å². The Bertz CT molecular complexity index is 2390. The number of fused-ring (bicyclic) bond motifs is 4. The summed E-state index contributed by atoms with van der Waals surface area (Å²) in [4.78, 5) is 0. The number of nitrogens with zero attached hydrogens (tertiary/aromatic N) is 2. The standard InChI is InChI=1S/C46H36N4Si/c1-4-18-37(19-5-1)51(38-20-6-2-7-21-38,39-22-8-3-9-23-39)40-24-16-17-36(33-40)50-46-30-29-35(34-43(46)47-31-14-15-32-48-50)49-44-27-12-10-25-41(44)42-26-11-13-28-45(42)49/h1-34,47-48H. The van der Waals surface area contributed by atoms with Crippen LogP contribution in [-0.2, 0) is 0 Å². The lowest BCUT2D eigenvalue weighted by Crippen LogP contribution is -2.74. The third-order valence-corrected chi connectivity index (χ3v) is 14.7. The second-order valence-electron chi connectivity index (χ2n) is 12.8. The van der Waals surface area contributed by atoms with Crippen LogP contribution in [0.15, 0.2) is 207 Å². The van der Waals surface area contributed by atoms with Gasteiger partial charge in [0.2, 0.25) is 0 Å². The van der Waals surface area contributed by atoms with Crippen molar-refractivity contribution in [3.63, 3.8) is 0 Å². The second kappa shape index (κ2) is 13.0. The molecule has 0 radical (unpaired) electrons. The Morgan fingerprint density at radius 2 is 0.941 bits per heavy atom. The Labute approximate surface area is 299 Å². The van der Waals surface area contributed by atoms with Crippen molar-refractivity contribution < 1.29 is 0 Å². The molecule has 0 atom stereocenters. The van der Waals surface area contributed by atoms with E-state index in [0.717, 1.165) is 22.7 Å². The van der Waals surface area contributed by atoms with Gasteiger partial charge in [0, 0.05) is 28.9 Å². The predicted octanol–water partition coefficient (Wildman–Crippen LogP) is 8.26. The van der Waals surface area contributed by atoms with Crippen molar-refractivity contribution >= 4 is 67.7 Å². The molecule has 2 N–H and O–H groups in total. The van der Waals surface area contributed by atoms with Gasteiger partial charge in [-0.25, -0.2) is 0 Å². The van der Waals surface area contributed by atoms with E-state index in [0.29, 0.717) is 0 Å². The van der Waals surface area contributed by atoms with Gasteiger partial charge in [-0.1, -0.05) is 140 Å². The summed E-state index contributed by atoms with van der Waals surface area (Å²) in [5, 5.41) is 13.6. The number of allylic oxidation sites excluding steroid dienone is 2. The highest BCUT2D eigenvalue weighted by Gasteiger charge is 2.41. The van der Waals surface area contributed by atoms with Crippen LogP contribution in [0.1, 0.15) is 0 Å². The van der Waals surface area contributed by atoms with Crippen LogP contribution in [0, 0.1) is 0 Å². The normalized spacial score (nSPS) is 12.8. The largest absolute Gasteiger partial charge is 0.360 e. The molecular formula is C46H36N4Si. The minimum Gasteiger partial charge on any atom is -0.360 e. The fraction of sp³-hybridized carbons (Fsp3) is 0. The molecule has 4 nitrogen and oxygen atoms in total. The fourth-order valence-corrected chi connectivity index (χ4v) is 12.6. The zero-order chi connectivity index (χ0) is 34.0. The van der Waals surface area contributed by atoms with Crippen LogP contribution < -0.4 is 36.5 Å². The quantitative estimate of drug-likeness (QED) is 0.138. The molecule has 51 heavy (non-hydrogen) atoms. The Hall–Kier alpha value is -6.56. The monoisotopic (exact) mass is 672 g/mol. The number of hydrogen-bond acceptors (Lipinski definition) is 3. The minimum atomic E-state index is -2.72. The molecule has 5 heteroatoms. The molecule has 0 aliphatic carbocycles. The number of rotatable bonds is 6. The van der Waals surface area contributed by atoms with E-state index < -0.39 is 8.07 Å². The molecule has 0 saturated heterocycles. The molecule has 0 unspecified atom stereocenters. The van der Waals surface area contributed by atoms with E-state index >= 15 is 0 Å². The van der Waals surface area contributed by atoms with Gasteiger partial charge in [-0.2, -0.15) is 0 Å². The molecule has 0 bridgehead atoms. The Kier molecular flexibility index (Phi) is 7.80. The molecule has 7 aromatic carbocycles. The number of aromatic nitrogens is 1. The summed E-state index contributed by atoms with van der Waals surface area (Å²) in [5.74, 6) is 0. The molecule has 0 amide bonds. The highest BCUT2D eigenvalue weighted by molar-refractivity contribution is 7.19. The topological polar surface area (TPSA) is 32.2 Å². The summed E-state index contributed by atoms with van der Waals surface area (Å²) in [6, 6.07) is 66.3. The number of benzene rings is 7. The summed E-state index contributed by atoms with van der Waals surface area (Å²) in [6.45, 7) is 0. The predicted molar refractivity (Wildman–Crippen MR) is 218 cm³/mol. The van der Waals surface area contributed by atoms with E-state index in [1.54, 1.807) is 0 Å².